The molecule has 1 atom stereocenters. The van der Waals surface area contributed by atoms with E-state index in [1.807, 2.05) is 0 Å². The van der Waals surface area contributed by atoms with Crippen LogP contribution in [0.5, 0.6) is 0 Å². The molecule has 0 aromatic carbocycles. The van der Waals surface area contributed by atoms with E-state index in [0.717, 1.165) is 9.99 Å². The molecule has 0 radical (unpaired) electrons. The van der Waals surface area contributed by atoms with E-state index in [1.54, 1.807) is 12.4 Å². The van der Waals surface area contributed by atoms with Gasteiger partial charge in [0.1, 0.15) is 0 Å². The quantitative estimate of drug-likeness (QED) is 0.829. The maximum absolute atomic E-state index is 6.02. The summed E-state index contributed by atoms with van der Waals surface area (Å²) in [5.41, 5.74) is 6.28. The summed E-state index contributed by atoms with van der Waals surface area (Å²) in [4.78, 5) is 8.32. The van der Waals surface area contributed by atoms with Crippen LogP contribution in [-0.2, 0) is 0 Å². The molecule has 0 aliphatic heterocycles. The lowest BCUT2D eigenvalue weighted by atomic mass is 9.88. The van der Waals surface area contributed by atoms with Gasteiger partial charge in [-0.25, -0.2) is 9.97 Å². The highest BCUT2D eigenvalue weighted by Gasteiger charge is 2.15. The lowest BCUT2D eigenvalue weighted by molar-refractivity contribution is 0.344. The van der Waals surface area contributed by atoms with Crippen LogP contribution in [0.4, 0.5) is 5.95 Å². The minimum atomic E-state index is 0.128. The van der Waals surface area contributed by atoms with Crippen molar-refractivity contribution < 1.29 is 0 Å². The van der Waals surface area contributed by atoms with Crippen LogP contribution in [0.1, 0.15) is 27.2 Å². The number of anilines is 1. The number of hydrogen-bond acceptors (Lipinski definition) is 4. The summed E-state index contributed by atoms with van der Waals surface area (Å²) in [6.45, 7) is 7.27. The molecule has 0 aliphatic rings. The van der Waals surface area contributed by atoms with Gasteiger partial charge in [0.25, 0.3) is 0 Å². The van der Waals surface area contributed by atoms with Crippen molar-refractivity contribution in [3.63, 3.8) is 0 Å². The topological polar surface area (TPSA) is 63.8 Å². The van der Waals surface area contributed by atoms with Crippen LogP contribution in [0, 0.1) is 8.99 Å². The monoisotopic (exact) mass is 334 g/mol. The van der Waals surface area contributed by atoms with Crippen LogP contribution in [0.3, 0.4) is 0 Å². The number of rotatable bonds is 4. The fourth-order valence-electron chi connectivity index (χ4n) is 1.48. The van der Waals surface area contributed by atoms with Gasteiger partial charge in [-0.15, -0.1) is 0 Å². The molecule has 1 aromatic heterocycles. The first-order valence-electron chi connectivity index (χ1n) is 5.34. The summed E-state index contributed by atoms with van der Waals surface area (Å²) in [6, 6.07) is 0.128. The van der Waals surface area contributed by atoms with E-state index in [9.17, 15) is 0 Å². The molecule has 0 fully saturated rings. The van der Waals surface area contributed by atoms with Crippen LogP contribution in [0.25, 0.3) is 0 Å². The molecule has 5 heteroatoms. The van der Waals surface area contributed by atoms with Gasteiger partial charge in [0.05, 0.1) is 0 Å². The fraction of sp³-hybridized carbons (Fsp3) is 0.636. The van der Waals surface area contributed by atoms with E-state index in [-0.39, 0.29) is 11.5 Å². The maximum atomic E-state index is 6.02. The Morgan fingerprint density at radius 3 is 2.44 bits per heavy atom. The molecular formula is C11H19IN4. The van der Waals surface area contributed by atoms with Crippen molar-refractivity contribution in [2.45, 2.75) is 33.2 Å². The Labute approximate surface area is 111 Å². The van der Waals surface area contributed by atoms with Gasteiger partial charge in [0.2, 0.25) is 5.95 Å². The largest absolute Gasteiger partial charge is 0.353 e. The average molecular weight is 334 g/mol. The number of nitrogens with one attached hydrogen (secondary N) is 1. The second kappa shape index (κ2) is 5.77. The standard InChI is InChI=1S/C11H19IN4/c1-11(2,3)4-9(13)7-16-10-14-5-8(12)6-15-10/h5-6,9H,4,7,13H2,1-3H3,(H,14,15,16). The average Bonchev–Trinajstić information content (AvgIpc) is 2.14. The lowest BCUT2D eigenvalue weighted by Crippen LogP contribution is -2.33. The highest BCUT2D eigenvalue weighted by atomic mass is 127. The van der Waals surface area contributed by atoms with Crippen LogP contribution in [-0.4, -0.2) is 22.6 Å². The number of halogens is 1. The number of aromatic nitrogens is 2. The van der Waals surface area contributed by atoms with Gasteiger partial charge in [0.15, 0.2) is 0 Å². The Kier molecular flexibility index (Phi) is 4.91. The van der Waals surface area contributed by atoms with E-state index >= 15 is 0 Å². The van der Waals surface area contributed by atoms with Crippen LogP contribution >= 0.6 is 22.6 Å². The molecule has 0 saturated heterocycles. The molecule has 1 rings (SSSR count). The molecule has 0 saturated carbocycles. The van der Waals surface area contributed by atoms with Crippen molar-refractivity contribution in [3.05, 3.63) is 16.0 Å². The zero-order valence-electron chi connectivity index (χ0n) is 10.00. The van der Waals surface area contributed by atoms with Crippen molar-refractivity contribution in [1.29, 1.82) is 0 Å². The molecule has 3 N–H and O–H groups in total. The van der Waals surface area contributed by atoms with E-state index in [2.05, 4.69) is 58.6 Å². The number of nitrogens with zero attached hydrogens (tertiary/aromatic N) is 2. The van der Waals surface area contributed by atoms with Crippen LogP contribution in [0.2, 0.25) is 0 Å². The summed E-state index contributed by atoms with van der Waals surface area (Å²) < 4.78 is 1.03. The SMILES string of the molecule is CC(C)(C)CC(N)CNc1ncc(I)cn1. The highest BCUT2D eigenvalue weighted by molar-refractivity contribution is 14.1. The van der Waals surface area contributed by atoms with Crippen molar-refractivity contribution in [2.75, 3.05) is 11.9 Å². The van der Waals surface area contributed by atoms with Crippen molar-refractivity contribution >= 4 is 28.5 Å². The molecule has 1 heterocycles. The predicted octanol–water partition coefficient (Wildman–Crippen LogP) is 2.26. The molecule has 0 aliphatic carbocycles. The first-order valence-corrected chi connectivity index (χ1v) is 6.42. The van der Waals surface area contributed by atoms with Crippen molar-refractivity contribution in [1.82, 2.24) is 9.97 Å². The molecule has 0 amide bonds. The third-order valence-corrected chi connectivity index (χ3v) is 2.57. The third kappa shape index (κ3) is 5.60. The minimum Gasteiger partial charge on any atom is -0.353 e. The molecule has 4 nitrogen and oxygen atoms in total. The van der Waals surface area contributed by atoms with Gasteiger partial charge in [0, 0.05) is 28.6 Å². The highest BCUT2D eigenvalue weighted by Crippen LogP contribution is 2.19. The van der Waals surface area contributed by atoms with Gasteiger partial charge in [-0.05, 0) is 34.4 Å². The summed E-state index contributed by atoms with van der Waals surface area (Å²) >= 11 is 2.18. The number of nitrogens with two attached hydrogens (primary N) is 1. The lowest BCUT2D eigenvalue weighted by Gasteiger charge is -2.23. The Bertz CT molecular complexity index is 318. The molecule has 16 heavy (non-hydrogen) atoms. The zero-order chi connectivity index (χ0) is 12.2. The zero-order valence-corrected chi connectivity index (χ0v) is 12.2. The predicted molar refractivity (Wildman–Crippen MR) is 75.3 cm³/mol. The Morgan fingerprint density at radius 2 is 1.94 bits per heavy atom. The molecule has 90 valence electrons. The second-order valence-electron chi connectivity index (χ2n) is 5.13. The first kappa shape index (κ1) is 13.6. The van der Waals surface area contributed by atoms with Gasteiger partial charge in [-0.2, -0.15) is 0 Å². The Balaban J connectivity index is 2.37. The normalized spacial score (nSPS) is 13.6. The second-order valence-corrected chi connectivity index (χ2v) is 6.38. The minimum absolute atomic E-state index is 0.128. The van der Waals surface area contributed by atoms with Crippen molar-refractivity contribution in [3.8, 4) is 0 Å². The smallest absolute Gasteiger partial charge is 0.222 e. The van der Waals surface area contributed by atoms with Gasteiger partial charge in [-0.1, -0.05) is 20.8 Å². The van der Waals surface area contributed by atoms with Gasteiger partial charge >= 0.3 is 0 Å². The summed E-state index contributed by atoms with van der Waals surface area (Å²) in [7, 11) is 0. The Hall–Kier alpha value is -0.430. The summed E-state index contributed by atoms with van der Waals surface area (Å²) in [6.07, 6.45) is 4.54. The fourth-order valence-corrected chi connectivity index (χ4v) is 1.76. The molecule has 1 aromatic rings. The molecule has 1 unspecified atom stereocenters. The van der Waals surface area contributed by atoms with Crippen LogP contribution in [0.15, 0.2) is 12.4 Å². The van der Waals surface area contributed by atoms with Crippen molar-refractivity contribution in [2.24, 2.45) is 11.1 Å². The number of hydrogen-bond donors (Lipinski definition) is 2. The molecule has 0 bridgehead atoms. The summed E-state index contributed by atoms with van der Waals surface area (Å²) in [5, 5.41) is 3.14. The molecule has 0 spiro atoms. The van der Waals surface area contributed by atoms with E-state index in [0.29, 0.717) is 12.5 Å². The Morgan fingerprint density at radius 1 is 1.38 bits per heavy atom. The van der Waals surface area contributed by atoms with E-state index in [4.69, 9.17) is 5.73 Å². The van der Waals surface area contributed by atoms with E-state index < -0.39 is 0 Å². The van der Waals surface area contributed by atoms with Gasteiger partial charge in [-0.3, -0.25) is 0 Å². The van der Waals surface area contributed by atoms with E-state index in [1.165, 1.54) is 0 Å². The van der Waals surface area contributed by atoms with Crippen LogP contribution < -0.4 is 11.1 Å². The first-order chi connectivity index (χ1) is 7.37. The van der Waals surface area contributed by atoms with Gasteiger partial charge < -0.3 is 11.1 Å². The molecular weight excluding hydrogens is 315 g/mol. The summed E-state index contributed by atoms with van der Waals surface area (Å²) in [5.74, 6) is 0.643. The maximum Gasteiger partial charge on any atom is 0.222 e. The third-order valence-electron chi connectivity index (χ3n) is 2.02.